The van der Waals surface area contributed by atoms with Crippen molar-refractivity contribution in [3.8, 4) is 0 Å². The van der Waals surface area contributed by atoms with Gasteiger partial charge in [0.2, 0.25) is 5.91 Å². The van der Waals surface area contributed by atoms with Gasteiger partial charge in [-0.15, -0.1) is 0 Å². The highest BCUT2D eigenvalue weighted by Crippen LogP contribution is 2.12. The van der Waals surface area contributed by atoms with Crippen molar-refractivity contribution in [3.63, 3.8) is 0 Å². The van der Waals surface area contributed by atoms with E-state index in [0.29, 0.717) is 6.04 Å². The lowest BCUT2D eigenvalue weighted by Crippen LogP contribution is -2.52. The molecule has 104 valence electrons. The smallest absolute Gasteiger partial charge is 0.312 e. The monoisotopic (exact) mass is 256 g/mol. The zero-order valence-corrected chi connectivity index (χ0v) is 11.4. The lowest BCUT2D eigenvalue weighted by atomic mass is 10.0. The number of hydrogen-bond donors (Lipinski definition) is 3. The molecule has 1 atom stereocenters. The first kappa shape index (κ1) is 14.8. The Balaban J connectivity index is 2.32. The molecule has 0 aromatic rings. The quantitative estimate of drug-likeness (QED) is 0.663. The van der Waals surface area contributed by atoms with Crippen LogP contribution in [0.4, 0.5) is 4.79 Å². The van der Waals surface area contributed by atoms with Gasteiger partial charge in [0.1, 0.15) is 6.04 Å². The van der Waals surface area contributed by atoms with Crippen molar-refractivity contribution in [1.82, 2.24) is 15.5 Å². The maximum atomic E-state index is 11.8. The summed E-state index contributed by atoms with van der Waals surface area (Å²) in [5, 5.41) is 5.32. The highest BCUT2D eigenvalue weighted by atomic mass is 16.2. The normalized spacial score (nSPS) is 19.6. The van der Waals surface area contributed by atoms with Crippen LogP contribution in [0.5, 0.6) is 0 Å². The number of urea groups is 1. The minimum Gasteiger partial charge on any atom is -0.352 e. The fourth-order valence-electron chi connectivity index (χ4n) is 2.17. The van der Waals surface area contributed by atoms with Gasteiger partial charge >= 0.3 is 6.03 Å². The molecule has 1 aliphatic rings. The summed E-state index contributed by atoms with van der Waals surface area (Å²) in [4.78, 5) is 24.8. The second kappa shape index (κ2) is 6.58. The Morgan fingerprint density at radius 3 is 2.22 bits per heavy atom. The van der Waals surface area contributed by atoms with Crippen LogP contribution in [0.3, 0.4) is 0 Å². The summed E-state index contributed by atoms with van der Waals surface area (Å²) in [5.74, 6) is -0.170. The van der Waals surface area contributed by atoms with Crippen LogP contribution >= 0.6 is 0 Å². The Kier molecular flexibility index (Phi) is 5.40. The first-order valence-electron chi connectivity index (χ1n) is 6.50. The van der Waals surface area contributed by atoms with Gasteiger partial charge in [0, 0.05) is 25.2 Å². The van der Waals surface area contributed by atoms with Gasteiger partial charge < -0.3 is 21.3 Å². The average Bonchev–Trinajstić information content (AvgIpc) is 2.28. The summed E-state index contributed by atoms with van der Waals surface area (Å²) in [7, 11) is 0. The van der Waals surface area contributed by atoms with Gasteiger partial charge in [0.25, 0.3) is 0 Å². The number of likely N-dealkylation sites (tertiary alicyclic amines) is 1. The van der Waals surface area contributed by atoms with Gasteiger partial charge in [0.05, 0.1) is 0 Å². The fourth-order valence-corrected chi connectivity index (χ4v) is 2.17. The second-order valence-electron chi connectivity index (χ2n) is 5.14. The first-order valence-corrected chi connectivity index (χ1v) is 6.50. The van der Waals surface area contributed by atoms with Crippen LogP contribution in [0.1, 0.15) is 33.6 Å². The zero-order chi connectivity index (χ0) is 13.7. The van der Waals surface area contributed by atoms with E-state index in [0.717, 1.165) is 25.9 Å². The van der Waals surface area contributed by atoms with Crippen LogP contribution in [-0.2, 0) is 4.79 Å². The van der Waals surface area contributed by atoms with Crippen LogP contribution in [0.25, 0.3) is 0 Å². The van der Waals surface area contributed by atoms with Crippen molar-refractivity contribution < 1.29 is 9.59 Å². The summed E-state index contributed by atoms with van der Waals surface area (Å²) >= 11 is 0. The van der Waals surface area contributed by atoms with Crippen LogP contribution < -0.4 is 16.4 Å². The average molecular weight is 256 g/mol. The molecule has 0 saturated carbocycles. The molecule has 1 aliphatic heterocycles. The molecular formula is C12H24N4O2. The van der Waals surface area contributed by atoms with E-state index < -0.39 is 12.1 Å². The van der Waals surface area contributed by atoms with Crippen LogP contribution in [0.2, 0.25) is 0 Å². The molecule has 1 fully saturated rings. The molecule has 1 saturated heterocycles. The number of hydrogen-bond acceptors (Lipinski definition) is 3. The van der Waals surface area contributed by atoms with Crippen molar-refractivity contribution in [3.05, 3.63) is 0 Å². The van der Waals surface area contributed by atoms with E-state index in [1.54, 1.807) is 6.92 Å². The Hall–Kier alpha value is -1.30. The Morgan fingerprint density at radius 1 is 1.22 bits per heavy atom. The third-order valence-electron chi connectivity index (χ3n) is 3.36. The van der Waals surface area contributed by atoms with Gasteiger partial charge in [-0.2, -0.15) is 0 Å². The van der Waals surface area contributed by atoms with Crippen LogP contribution in [0.15, 0.2) is 0 Å². The number of piperidine rings is 1. The maximum Gasteiger partial charge on any atom is 0.312 e. The van der Waals surface area contributed by atoms with Crippen LogP contribution in [-0.4, -0.2) is 48.1 Å². The molecular weight excluding hydrogens is 232 g/mol. The van der Waals surface area contributed by atoms with E-state index in [1.807, 2.05) is 0 Å². The predicted molar refractivity (Wildman–Crippen MR) is 70.1 cm³/mol. The SMILES string of the molecule is CC(NC(N)=O)C(=O)NC1CCN(C(C)C)CC1. The zero-order valence-electron chi connectivity index (χ0n) is 11.4. The lowest BCUT2D eigenvalue weighted by molar-refractivity contribution is -0.123. The molecule has 0 aromatic carbocycles. The van der Waals surface area contributed by atoms with E-state index in [1.165, 1.54) is 0 Å². The molecule has 1 unspecified atom stereocenters. The molecule has 4 N–H and O–H groups in total. The Bertz CT molecular complexity index is 298. The second-order valence-corrected chi connectivity index (χ2v) is 5.14. The van der Waals surface area contributed by atoms with Gasteiger partial charge in [-0.05, 0) is 33.6 Å². The number of nitrogens with zero attached hydrogens (tertiary/aromatic N) is 1. The van der Waals surface area contributed by atoms with Crippen molar-refractivity contribution in [2.24, 2.45) is 5.73 Å². The Labute approximate surface area is 108 Å². The molecule has 18 heavy (non-hydrogen) atoms. The Morgan fingerprint density at radius 2 is 1.78 bits per heavy atom. The van der Waals surface area contributed by atoms with E-state index in [4.69, 9.17) is 5.73 Å². The summed E-state index contributed by atoms with van der Waals surface area (Å²) in [6.07, 6.45) is 1.90. The molecule has 0 bridgehead atoms. The summed E-state index contributed by atoms with van der Waals surface area (Å²) in [5.41, 5.74) is 4.98. The highest BCUT2D eigenvalue weighted by molar-refractivity contribution is 5.86. The standard InChI is InChI=1S/C12H24N4O2/c1-8(2)16-6-4-10(5-7-16)15-11(17)9(3)14-12(13)18/h8-10H,4-7H2,1-3H3,(H,15,17)(H3,13,14,18). The van der Waals surface area contributed by atoms with Crippen molar-refractivity contribution >= 4 is 11.9 Å². The molecule has 0 spiro atoms. The van der Waals surface area contributed by atoms with Gasteiger partial charge in [-0.3, -0.25) is 4.79 Å². The fraction of sp³-hybridized carbons (Fsp3) is 0.833. The minimum atomic E-state index is -0.674. The molecule has 0 radical (unpaired) electrons. The molecule has 6 nitrogen and oxygen atoms in total. The van der Waals surface area contributed by atoms with Gasteiger partial charge in [-0.25, -0.2) is 4.79 Å². The maximum absolute atomic E-state index is 11.8. The van der Waals surface area contributed by atoms with E-state index in [-0.39, 0.29) is 11.9 Å². The van der Waals surface area contributed by atoms with Gasteiger partial charge in [0.15, 0.2) is 0 Å². The third kappa shape index (κ3) is 4.52. The molecule has 0 aliphatic carbocycles. The number of amides is 3. The lowest BCUT2D eigenvalue weighted by Gasteiger charge is -2.35. The van der Waals surface area contributed by atoms with Crippen molar-refractivity contribution in [1.29, 1.82) is 0 Å². The summed E-state index contributed by atoms with van der Waals surface area (Å²) in [6, 6.07) is -0.500. The number of carbonyl (C=O) groups is 2. The largest absolute Gasteiger partial charge is 0.352 e. The predicted octanol–water partition coefficient (Wildman–Crippen LogP) is 0.0322. The van der Waals surface area contributed by atoms with E-state index in [2.05, 4.69) is 29.4 Å². The van der Waals surface area contributed by atoms with Gasteiger partial charge in [-0.1, -0.05) is 0 Å². The topological polar surface area (TPSA) is 87.5 Å². The number of nitrogens with two attached hydrogens (primary N) is 1. The molecule has 0 aromatic heterocycles. The van der Waals surface area contributed by atoms with Crippen molar-refractivity contribution in [2.45, 2.75) is 51.7 Å². The summed E-state index contributed by atoms with van der Waals surface area (Å²) in [6.45, 7) is 7.99. The molecule has 1 heterocycles. The van der Waals surface area contributed by atoms with E-state index >= 15 is 0 Å². The number of primary amides is 1. The highest BCUT2D eigenvalue weighted by Gasteiger charge is 2.23. The van der Waals surface area contributed by atoms with E-state index in [9.17, 15) is 9.59 Å². The molecule has 6 heteroatoms. The molecule has 3 amide bonds. The number of rotatable bonds is 4. The number of nitrogens with one attached hydrogen (secondary N) is 2. The minimum absolute atomic E-state index is 0.170. The molecule has 1 rings (SSSR count). The number of carbonyl (C=O) groups excluding carboxylic acids is 2. The van der Waals surface area contributed by atoms with Crippen LogP contribution in [0, 0.1) is 0 Å². The first-order chi connectivity index (χ1) is 8.40. The van der Waals surface area contributed by atoms with Crippen molar-refractivity contribution in [2.75, 3.05) is 13.1 Å². The third-order valence-corrected chi connectivity index (χ3v) is 3.36. The summed E-state index contributed by atoms with van der Waals surface area (Å²) < 4.78 is 0.